The number of rotatable bonds is 11. The highest BCUT2D eigenvalue weighted by Gasteiger charge is 2.03. The molecule has 0 aliphatic heterocycles. The largest absolute Gasteiger partial charge is 0.497 e. The number of ether oxygens (including phenoxy) is 2. The van der Waals surface area contributed by atoms with E-state index >= 15 is 0 Å². The van der Waals surface area contributed by atoms with Gasteiger partial charge < -0.3 is 14.8 Å². The van der Waals surface area contributed by atoms with Crippen molar-refractivity contribution in [2.75, 3.05) is 19.0 Å². The van der Waals surface area contributed by atoms with Crippen LogP contribution >= 0.6 is 0 Å². The Balaban J connectivity index is 1.84. The summed E-state index contributed by atoms with van der Waals surface area (Å²) in [5.74, 6) is 1.83. The third kappa shape index (κ3) is 6.15. The van der Waals surface area contributed by atoms with Gasteiger partial charge in [0.2, 0.25) is 0 Å². The zero-order valence-electron chi connectivity index (χ0n) is 14.9. The number of hydrogen-bond acceptors (Lipinski definition) is 3. The van der Waals surface area contributed by atoms with E-state index < -0.39 is 0 Å². The second-order valence-corrected chi connectivity index (χ2v) is 5.96. The molecule has 130 valence electrons. The molecule has 0 aliphatic rings. The van der Waals surface area contributed by atoms with Crippen LogP contribution in [0.4, 0.5) is 5.69 Å². The number of methoxy groups -OCH3 is 1. The lowest BCUT2D eigenvalue weighted by Gasteiger charge is -2.13. The van der Waals surface area contributed by atoms with Gasteiger partial charge in [0.25, 0.3) is 0 Å². The van der Waals surface area contributed by atoms with Gasteiger partial charge in [0.1, 0.15) is 11.5 Å². The van der Waals surface area contributed by atoms with Crippen molar-refractivity contribution in [1.29, 1.82) is 0 Å². The summed E-state index contributed by atoms with van der Waals surface area (Å²) in [5, 5.41) is 3.43. The highest BCUT2D eigenvalue weighted by atomic mass is 16.5. The minimum absolute atomic E-state index is 0.735. The molecule has 0 saturated heterocycles. The second kappa shape index (κ2) is 10.6. The molecule has 0 fully saturated rings. The van der Waals surface area contributed by atoms with Crippen LogP contribution in [-0.2, 0) is 6.54 Å². The molecular weight excluding hydrogens is 298 g/mol. The summed E-state index contributed by atoms with van der Waals surface area (Å²) < 4.78 is 11.2. The van der Waals surface area contributed by atoms with E-state index in [4.69, 9.17) is 9.47 Å². The Kier molecular flexibility index (Phi) is 8.02. The zero-order chi connectivity index (χ0) is 17.0. The average Bonchev–Trinajstić information content (AvgIpc) is 2.64. The quantitative estimate of drug-likeness (QED) is 0.540. The van der Waals surface area contributed by atoms with Crippen molar-refractivity contribution in [3.8, 4) is 11.5 Å². The van der Waals surface area contributed by atoms with E-state index in [0.29, 0.717) is 0 Å². The van der Waals surface area contributed by atoms with Gasteiger partial charge in [0, 0.05) is 23.9 Å². The maximum Gasteiger partial charge on any atom is 0.124 e. The van der Waals surface area contributed by atoms with Crippen LogP contribution in [-0.4, -0.2) is 13.7 Å². The Hall–Kier alpha value is -2.16. The summed E-state index contributed by atoms with van der Waals surface area (Å²) in [6.07, 6.45) is 6.27. The predicted octanol–water partition coefficient (Wildman–Crippen LogP) is 5.66. The third-order valence-corrected chi connectivity index (χ3v) is 4.03. The molecule has 2 aromatic carbocycles. The molecule has 0 saturated carbocycles. The summed E-state index contributed by atoms with van der Waals surface area (Å²) >= 11 is 0. The van der Waals surface area contributed by atoms with Crippen LogP contribution in [0.25, 0.3) is 0 Å². The summed E-state index contributed by atoms with van der Waals surface area (Å²) in [6, 6.07) is 16.2. The van der Waals surface area contributed by atoms with E-state index in [9.17, 15) is 0 Å². The third-order valence-electron chi connectivity index (χ3n) is 4.03. The molecule has 0 unspecified atom stereocenters. The van der Waals surface area contributed by atoms with Crippen LogP contribution < -0.4 is 14.8 Å². The van der Waals surface area contributed by atoms with Gasteiger partial charge in [-0.25, -0.2) is 0 Å². The van der Waals surface area contributed by atoms with E-state index in [1.165, 1.54) is 31.2 Å². The fourth-order valence-electron chi connectivity index (χ4n) is 2.61. The smallest absolute Gasteiger partial charge is 0.124 e. The second-order valence-electron chi connectivity index (χ2n) is 5.96. The Morgan fingerprint density at radius 3 is 2.58 bits per heavy atom. The SMILES string of the molecule is CCCCCCCOc1ccccc1CNc1cccc(OC)c1. The van der Waals surface area contributed by atoms with Crippen molar-refractivity contribution in [1.82, 2.24) is 0 Å². The number of unbranched alkanes of at least 4 members (excludes halogenated alkanes) is 4. The van der Waals surface area contributed by atoms with Gasteiger partial charge >= 0.3 is 0 Å². The molecule has 0 bridgehead atoms. The van der Waals surface area contributed by atoms with Gasteiger partial charge in [-0.3, -0.25) is 0 Å². The topological polar surface area (TPSA) is 30.5 Å². The molecule has 1 N–H and O–H groups in total. The summed E-state index contributed by atoms with van der Waals surface area (Å²) in [4.78, 5) is 0. The van der Waals surface area contributed by atoms with Crippen molar-refractivity contribution < 1.29 is 9.47 Å². The van der Waals surface area contributed by atoms with Crippen LogP contribution in [0.3, 0.4) is 0 Å². The first-order valence-electron chi connectivity index (χ1n) is 8.92. The maximum atomic E-state index is 5.99. The lowest BCUT2D eigenvalue weighted by Crippen LogP contribution is -2.04. The molecule has 0 heterocycles. The molecular formula is C21H29NO2. The monoisotopic (exact) mass is 327 g/mol. The van der Waals surface area contributed by atoms with E-state index in [-0.39, 0.29) is 0 Å². The van der Waals surface area contributed by atoms with Crippen molar-refractivity contribution in [2.24, 2.45) is 0 Å². The lowest BCUT2D eigenvalue weighted by molar-refractivity contribution is 0.302. The van der Waals surface area contributed by atoms with Crippen molar-refractivity contribution in [3.63, 3.8) is 0 Å². The molecule has 3 nitrogen and oxygen atoms in total. The van der Waals surface area contributed by atoms with E-state index in [1.807, 2.05) is 30.3 Å². The Labute approximate surface area is 146 Å². The van der Waals surface area contributed by atoms with Crippen molar-refractivity contribution in [3.05, 3.63) is 54.1 Å². The highest BCUT2D eigenvalue weighted by molar-refractivity contribution is 5.49. The molecule has 2 rings (SSSR count). The minimum atomic E-state index is 0.735. The minimum Gasteiger partial charge on any atom is -0.497 e. The number of nitrogens with one attached hydrogen (secondary N) is 1. The molecule has 0 spiro atoms. The molecule has 24 heavy (non-hydrogen) atoms. The Morgan fingerprint density at radius 1 is 0.917 bits per heavy atom. The van der Waals surface area contributed by atoms with Crippen LogP contribution in [0, 0.1) is 0 Å². The van der Waals surface area contributed by atoms with E-state index in [1.54, 1.807) is 7.11 Å². The van der Waals surface area contributed by atoms with Gasteiger partial charge in [0.05, 0.1) is 13.7 Å². The normalized spacial score (nSPS) is 10.4. The highest BCUT2D eigenvalue weighted by Crippen LogP contribution is 2.22. The standard InChI is InChI=1S/C21H29NO2/c1-3-4-5-6-9-15-24-21-14-8-7-11-18(21)17-22-19-12-10-13-20(16-19)23-2/h7-8,10-14,16,22H,3-6,9,15,17H2,1-2H3. The van der Waals surface area contributed by atoms with Crippen molar-refractivity contribution in [2.45, 2.75) is 45.6 Å². The van der Waals surface area contributed by atoms with Gasteiger partial charge in [0.15, 0.2) is 0 Å². The van der Waals surface area contributed by atoms with Crippen LogP contribution in [0.5, 0.6) is 11.5 Å². The number of hydrogen-bond donors (Lipinski definition) is 1. The first kappa shape index (κ1) is 18.2. The van der Waals surface area contributed by atoms with E-state index in [0.717, 1.165) is 36.8 Å². The van der Waals surface area contributed by atoms with Crippen LogP contribution in [0.2, 0.25) is 0 Å². The summed E-state index contributed by atoms with van der Waals surface area (Å²) in [7, 11) is 1.68. The summed E-state index contributed by atoms with van der Waals surface area (Å²) in [5.41, 5.74) is 2.22. The van der Waals surface area contributed by atoms with Crippen molar-refractivity contribution >= 4 is 5.69 Å². The molecule has 3 heteroatoms. The van der Waals surface area contributed by atoms with Crippen LogP contribution in [0.15, 0.2) is 48.5 Å². The Morgan fingerprint density at radius 2 is 1.75 bits per heavy atom. The number of benzene rings is 2. The van der Waals surface area contributed by atoms with Crippen LogP contribution in [0.1, 0.15) is 44.6 Å². The predicted molar refractivity (Wildman–Crippen MR) is 101 cm³/mol. The molecule has 0 radical (unpaired) electrons. The molecule has 0 atom stereocenters. The fraction of sp³-hybridized carbons (Fsp3) is 0.429. The molecule has 2 aromatic rings. The maximum absolute atomic E-state index is 5.99. The Bertz CT molecular complexity index is 598. The fourth-order valence-corrected chi connectivity index (χ4v) is 2.61. The van der Waals surface area contributed by atoms with Gasteiger partial charge in [-0.1, -0.05) is 56.9 Å². The molecule has 0 amide bonds. The first-order chi connectivity index (χ1) is 11.8. The zero-order valence-corrected chi connectivity index (χ0v) is 14.9. The number of para-hydroxylation sites is 1. The molecule has 0 aliphatic carbocycles. The van der Waals surface area contributed by atoms with Gasteiger partial charge in [-0.05, 0) is 24.6 Å². The average molecular weight is 327 g/mol. The first-order valence-corrected chi connectivity index (χ1v) is 8.92. The van der Waals surface area contributed by atoms with Gasteiger partial charge in [-0.2, -0.15) is 0 Å². The molecule has 0 aromatic heterocycles. The number of anilines is 1. The lowest BCUT2D eigenvalue weighted by atomic mass is 10.1. The summed E-state index contributed by atoms with van der Waals surface area (Å²) in [6.45, 7) is 3.77. The van der Waals surface area contributed by atoms with E-state index in [2.05, 4.69) is 30.4 Å². The van der Waals surface area contributed by atoms with Gasteiger partial charge in [-0.15, -0.1) is 0 Å².